The summed E-state index contributed by atoms with van der Waals surface area (Å²) in [6.45, 7) is 7.60. The Balaban J connectivity index is 2.72. The predicted octanol–water partition coefficient (Wildman–Crippen LogP) is 1.99. The zero-order valence-electron chi connectivity index (χ0n) is 10.6. The van der Waals surface area contributed by atoms with E-state index in [2.05, 4.69) is 43.1 Å². The summed E-state index contributed by atoms with van der Waals surface area (Å²) < 4.78 is 0. The van der Waals surface area contributed by atoms with Crippen molar-refractivity contribution in [3.05, 3.63) is 23.9 Å². The molecule has 90 valence electrons. The fraction of sp³-hybridized carbons (Fsp3) is 0.583. The number of nitrogens with one attached hydrogen (secondary N) is 1. The Morgan fingerprint density at radius 1 is 1.50 bits per heavy atom. The number of hydrogen-bond donors (Lipinski definition) is 2. The van der Waals surface area contributed by atoms with Crippen LogP contribution in [0.2, 0.25) is 0 Å². The van der Waals surface area contributed by atoms with Crippen LogP contribution in [-0.4, -0.2) is 22.5 Å². The molecule has 0 aliphatic heterocycles. The van der Waals surface area contributed by atoms with E-state index in [-0.39, 0.29) is 5.54 Å². The van der Waals surface area contributed by atoms with Gasteiger partial charge in [0.2, 0.25) is 0 Å². The van der Waals surface area contributed by atoms with Gasteiger partial charge in [-0.3, -0.25) is 4.90 Å². The van der Waals surface area contributed by atoms with Crippen LogP contribution in [-0.2, 0) is 6.54 Å². The molecule has 0 fully saturated rings. The molecule has 1 aromatic rings. The minimum atomic E-state index is 0.208. The molecule has 4 heteroatoms. The van der Waals surface area contributed by atoms with Gasteiger partial charge in [-0.25, -0.2) is 10.8 Å². The van der Waals surface area contributed by atoms with Gasteiger partial charge in [-0.1, -0.05) is 6.92 Å². The SMILES string of the molecule is CCC(C)(C)N(C)Cc1ccnc(NN)c1. The Kier molecular flexibility index (Phi) is 4.26. The van der Waals surface area contributed by atoms with Crippen LogP contribution in [0.5, 0.6) is 0 Å². The number of aromatic nitrogens is 1. The third-order valence-electron chi connectivity index (χ3n) is 3.29. The van der Waals surface area contributed by atoms with Crippen molar-refractivity contribution in [3.8, 4) is 0 Å². The number of pyridine rings is 1. The largest absolute Gasteiger partial charge is 0.308 e. The molecule has 16 heavy (non-hydrogen) atoms. The van der Waals surface area contributed by atoms with Crippen LogP contribution in [0.1, 0.15) is 32.8 Å². The van der Waals surface area contributed by atoms with Crippen LogP contribution in [0.3, 0.4) is 0 Å². The molecular weight excluding hydrogens is 200 g/mol. The number of nitrogens with two attached hydrogens (primary N) is 1. The lowest BCUT2D eigenvalue weighted by atomic mass is 9.99. The fourth-order valence-electron chi connectivity index (χ4n) is 1.41. The van der Waals surface area contributed by atoms with Crippen LogP contribution < -0.4 is 11.3 Å². The number of nitrogen functional groups attached to an aromatic ring is 1. The van der Waals surface area contributed by atoms with E-state index in [1.807, 2.05) is 12.1 Å². The first-order valence-corrected chi connectivity index (χ1v) is 5.62. The van der Waals surface area contributed by atoms with Crippen LogP contribution in [0.4, 0.5) is 5.82 Å². The van der Waals surface area contributed by atoms with Gasteiger partial charge in [0.25, 0.3) is 0 Å². The number of anilines is 1. The van der Waals surface area contributed by atoms with E-state index >= 15 is 0 Å². The zero-order valence-corrected chi connectivity index (χ0v) is 10.6. The van der Waals surface area contributed by atoms with Gasteiger partial charge in [-0.2, -0.15) is 0 Å². The zero-order chi connectivity index (χ0) is 12.2. The van der Waals surface area contributed by atoms with Gasteiger partial charge in [0.05, 0.1) is 0 Å². The quantitative estimate of drug-likeness (QED) is 0.591. The minimum absolute atomic E-state index is 0.208. The second kappa shape index (κ2) is 5.27. The molecule has 0 radical (unpaired) electrons. The molecule has 1 aromatic heterocycles. The van der Waals surface area contributed by atoms with Crippen LogP contribution in [0, 0.1) is 0 Å². The highest BCUT2D eigenvalue weighted by Crippen LogP contribution is 2.19. The average Bonchev–Trinajstić information content (AvgIpc) is 2.29. The lowest BCUT2D eigenvalue weighted by molar-refractivity contribution is 0.143. The van der Waals surface area contributed by atoms with Crippen molar-refractivity contribution in [2.45, 2.75) is 39.3 Å². The molecule has 0 atom stereocenters. The van der Waals surface area contributed by atoms with E-state index in [0.29, 0.717) is 5.82 Å². The first-order chi connectivity index (χ1) is 7.49. The van der Waals surface area contributed by atoms with Crippen molar-refractivity contribution in [1.82, 2.24) is 9.88 Å². The third kappa shape index (κ3) is 3.18. The van der Waals surface area contributed by atoms with Gasteiger partial charge in [0.1, 0.15) is 5.82 Å². The molecule has 0 unspecified atom stereocenters. The lowest BCUT2D eigenvalue weighted by Gasteiger charge is -2.34. The Bertz CT molecular complexity index is 336. The highest BCUT2D eigenvalue weighted by atomic mass is 15.2. The normalized spacial score (nSPS) is 11.9. The van der Waals surface area contributed by atoms with Gasteiger partial charge in [-0.15, -0.1) is 0 Å². The van der Waals surface area contributed by atoms with Gasteiger partial charge < -0.3 is 5.43 Å². The average molecular weight is 222 g/mol. The van der Waals surface area contributed by atoms with Crippen LogP contribution in [0.15, 0.2) is 18.3 Å². The van der Waals surface area contributed by atoms with E-state index in [9.17, 15) is 0 Å². The van der Waals surface area contributed by atoms with E-state index in [4.69, 9.17) is 5.84 Å². The molecule has 1 rings (SSSR count). The van der Waals surface area contributed by atoms with Crippen molar-refractivity contribution >= 4 is 5.82 Å². The molecule has 0 aromatic carbocycles. The number of hydrogen-bond acceptors (Lipinski definition) is 4. The topological polar surface area (TPSA) is 54.2 Å². The maximum absolute atomic E-state index is 5.34. The van der Waals surface area contributed by atoms with Crippen molar-refractivity contribution < 1.29 is 0 Å². The molecule has 0 amide bonds. The standard InChI is InChI=1S/C12H22N4/c1-5-12(2,3)16(4)9-10-6-7-14-11(8-10)15-13/h6-8H,5,9,13H2,1-4H3,(H,14,15). The smallest absolute Gasteiger partial charge is 0.140 e. The van der Waals surface area contributed by atoms with Gasteiger partial charge in [0.15, 0.2) is 0 Å². The summed E-state index contributed by atoms with van der Waals surface area (Å²) in [7, 11) is 2.14. The summed E-state index contributed by atoms with van der Waals surface area (Å²) in [5, 5.41) is 0. The first kappa shape index (κ1) is 12.9. The summed E-state index contributed by atoms with van der Waals surface area (Å²) >= 11 is 0. The minimum Gasteiger partial charge on any atom is -0.308 e. The Morgan fingerprint density at radius 2 is 2.19 bits per heavy atom. The van der Waals surface area contributed by atoms with Crippen molar-refractivity contribution in [2.75, 3.05) is 12.5 Å². The Morgan fingerprint density at radius 3 is 2.75 bits per heavy atom. The molecule has 0 saturated heterocycles. The summed E-state index contributed by atoms with van der Waals surface area (Å²) in [6, 6.07) is 3.99. The van der Waals surface area contributed by atoms with Gasteiger partial charge >= 0.3 is 0 Å². The summed E-state index contributed by atoms with van der Waals surface area (Å²) in [6.07, 6.45) is 2.90. The van der Waals surface area contributed by atoms with Crippen molar-refractivity contribution in [2.24, 2.45) is 5.84 Å². The third-order valence-corrected chi connectivity index (χ3v) is 3.29. The lowest BCUT2D eigenvalue weighted by Crippen LogP contribution is -2.39. The van der Waals surface area contributed by atoms with Gasteiger partial charge in [0, 0.05) is 18.3 Å². The van der Waals surface area contributed by atoms with E-state index in [0.717, 1.165) is 13.0 Å². The maximum Gasteiger partial charge on any atom is 0.140 e. The second-order valence-corrected chi connectivity index (χ2v) is 4.72. The molecule has 1 heterocycles. The van der Waals surface area contributed by atoms with E-state index < -0.39 is 0 Å². The fourth-order valence-corrected chi connectivity index (χ4v) is 1.41. The number of rotatable bonds is 5. The summed E-state index contributed by atoms with van der Waals surface area (Å²) in [4.78, 5) is 6.43. The first-order valence-electron chi connectivity index (χ1n) is 5.62. The molecule has 3 N–H and O–H groups in total. The van der Waals surface area contributed by atoms with Crippen LogP contribution >= 0.6 is 0 Å². The highest BCUT2D eigenvalue weighted by molar-refractivity contribution is 5.35. The molecule has 4 nitrogen and oxygen atoms in total. The number of nitrogens with zero attached hydrogens (tertiary/aromatic N) is 2. The number of hydrazine groups is 1. The van der Waals surface area contributed by atoms with E-state index in [1.54, 1.807) is 6.20 Å². The molecule has 0 spiro atoms. The van der Waals surface area contributed by atoms with Crippen molar-refractivity contribution in [1.29, 1.82) is 0 Å². The van der Waals surface area contributed by atoms with Crippen LogP contribution in [0.25, 0.3) is 0 Å². The Hall–Kier alpha value is -1.13. The monoisotopic (exact) mass is 222 g/mol. The van der Waals surface area contributed by atoms with E-state index in [1.165, 1.54) is 5.56 Å². The Labute approximate surface area is 97.8 Å². The van der Waals surface area contributed by atoms with Crippen molar-refractivity contribution in [3.63, 3.8) is 0 Å². The second-order valence-electron chi connectivity index (χ2n) is 4.72. The molecular formula is C12H22N4. The molecule has 0 aliphatic carbocycles. The summed E-state index contributed by atoms with van der Waals surface area (Å²) in [5.41, 5.74) is 3.99. The van der Waals surface area contributed by atoms with Gasteiger partial charge in [-0.05, 0) is 45.0 Å². The molecule has 0 aliphatic rings. The molecule has 0 saturated carbocycles. The summed E-state index contributed by atoms with van der Waals surface area (Å²) in [5.74, 6) is 6.04. The predicted molar refractivity (Wildman–Crippen MR) is 67.9 cm³/mol. The highest BCUT2D eigenvalue weighted by Gasteiger charge is 2.20. The maximum atomic E-state index is 5.34. The molecule has 0 bridgehead atoms.